The number of aliphatic carboxylic acids is 1. The zero-order valence-electron chi connectivity index (χ0n) is 12.4. The molecule has 0 fully saturated rings. The van der Waals surface area contributed by atoms with Crippen LogP contribution in [-0.4, -0.2) is 36.6 Å². The van der Waals surface area contributed by atoms with Crippen LogP contribution in [0, 0.1) is 0 Å². The number of hydrogen-bond donors (Lipinski definition) is 1. The quantitative estimate of drug-likeness (QED) is 0.681. The van der Waals surface area contributed by atoms with Gasteiger partial charge in [-0.15, -0.1) is 0 Å². The third-order valence-electron chi connectivity index (χ3n) is 3.53. The number of aromatic nitrogens is 1. The van der Waals surface area contributed by atoms with Crippen molar-refractivity contribution in [1.82, 2.24) is 4.57 Å². The van der Waals surface area contributed by atoms with Gasteiger partial charge >= 0.3 is 137 Å². The molecule has 0 aliphatic rings. The fourth-order valence-electron chi connectivity index (χ4n) is 2.46. The summed E-state index contributed by atoms with van der Waals surface area (Å²) in [6, 6.07) is 14.6. The first kappa shape index (κ1) is 15.5. The maximum absolute atomic E-state index is 13.0. The molecule has 118 valence electrons. The molecule has 5 nitrogen and oxygen atoms in total. The second-order valence-corrected chi connectivity index (χ2v) is 8.02. The van der Waals surface area contributed by atoms with Crippen molar-refractivity contribution in [1.29, 1.82) is 0 Å². The van der Waals surface area contributed by atoms with Crippen LogP contribution in [0.5, 0.6) is 5.75 Å². The summed E-state index contributed by atoms with van der Waals surface area (Å²) in [5.74, 6) is -0.218. The molecule has 0 aliphatic heterocycles. The van der Waals surface area contributed by atoms with E-state index in [0.29, 0.717) is 10.2 Å². The number of nitrogens with zero attached hydrogens (tertiary/aromatic N) is 1. The molecule has 3 aromatic rings. The zero-order chi connectivity index (χ0) is 16.4. The summed E-state index contributed by atoms with van der Waals surface area (Å²) in [5, 5.41) is 9.88. The van der Waals surface area contributed by atoms with E-state index in [1.165, 1.54) is 0 Å². The molecule has 1 heterocycles. The van der Waals surface area contributed by atoms with Gasteiger partial charge in [0.1, 0.15) is 0 Å². The topological polar surface area (TPSA) is 68.5 Å². The Balaban J connectivity index is 2.07. The number of fused-ring (bicyclic) bond motifs is 1. The summed E-state index contributed by atoms with van der Waals surface area (Å²) in [4.78, 5) is 11.0. The third-order valence-corrected chi connectivity index (χ3v) is 6.52. The van der Waals surface area contributed by atoms with Crippen LogP contribution < -0.4 is 13.7 Å². The van der Waals surface area contributed by atoms with Crippen LogP contribution in [0.25, 0.3) is 10.9 Å². The van der Waals surface area contributed by atoms with E-state index < -0.39 is 19.8 Å². The molecule has 0 radical (unpaired) electrons. The van der Waals surface area contributed by atoms with E-state index in [9.17, 15) is 8.63 Å². The number of hydrogen-bond acceptors (Lipinski definition) is 3. The molecule has 23 heavy (non-hydrogen) atoms. The molecule has 1 aromatic heterocycles. The molecule has 0 amide bonds. The van der Waals surface area contributed by atoms with Crippen molar-refractivity contribution in [3.8, 4) is 5.75 Å². The van der Waals surface area contributed by atoms with Crippen LogP contribution >= 0.6 is 0 Å². The van der Waals surface area contributed by atoms with E-state index in [1.54, 1.807) is 42.1 Å². The van der Waals surface area contributed by atoms with Crippen molar-refractivity contribution >= 4 is 39.6 Å². The Morgan fingerprint density at radius 1 is 1.17 bits per heavy atom. The van der Waals surface area contributed by atoms with Crippen LogP contribution in [0.15, 0.2) is 54.7 Å². The Bertz CT molecular complexity index is 883. The molecule has 0 bridgehead atoms. The summed E-state index contributed by atoms with van der Waals surface area (Å²) in [6.45, 7) is -0.151. The van der Waals surface area contributed by atoms with Crippen molar-refractivity contribution in [3.05, 3.63) is 54.7 Å². The number of carboxylic acid groups (broad SMARTS) is 1. The van der Waals surface area contributed by atoms with Gasteiger partial charge in [-0.05, 0) is 0 Å². The predicted octanol–water partition coefficient (Wildman–Crippen LogP) is 1.27. The molecule has 1 N–H and O–H groups in total. The Morgan fingerprint density at radius 3 is 2.52 bits per heavy atom. The number of rotatable bonds is 5. The fraction of sp³-hybridized carbons (Fsp3) is 0.118. The number of benzene rings is 2. The first-order valence-electron chi connectivity index (χ1n) is 6.95. The van der Waals surface area contributed by atoms with Crippen LogP contribution in [0.3, 0.4) is 0 Å². The monoisotopic (exact) mass is 377 g/mol. The summed E-state index contributed by atoms with van der Waals surface area (Å²) >= 11 is -2.49. The number of carboxylic acids is 1. The minimum atomic E-state index is -2.49. The van der Waals surface area contributed by atoms with Gasteiger partial charge in [0, 0.05) is 0 Å². The van der Waals surface area contributed by atoms with Crippen LogP contribution in [0.2, 0.25) is 0 Å². The molecule has 0 saturated heterocycles. The molecule has 1 unspecified atom stereocenters. The fourth-order valence-corrected chi connectivity index (χ4v) is 5.05. The van der Waals surface area contributed by atoms with Gasteiger partial charge in [-0.2, -0.15) is 0 Å². The summed E-state index contributed by atoms with van der Waals surface area (Å²) in [5.41, 5.74) is 0.781. The van der Waals surface area contributed by atoms with Crippen molar-refractivity contribution in [2.45, 2.75) is 6.54 Å². The van der Waals surface area contributed by atoms with E-state index in [-0.39, 0.29) is 6.54 Å². The van der Waals surface area contributed by atoms with Crippen molar-refractivity contribution in [2.75, 3.05) is 7.11 Å². The van der Waals surface area contributed by atoms with E-state index in [1.807, 2.05) is 24.3 Å². The van der Waals surface area contributed by atoms with Crippen molar-refractivity contribution < 1.29 is 18.5 Å². The third kappa shape index (κ3) is 3.04. The zero-order valence-corrected chi connectivity index (χ0v) is 14.1. The first-order chi connectivity index (χ1) is 11.1. The number of methoxy groups -OCH3 is 1. The van der Waals surface area contributed by atoms with E-state index >= 15 is 0 Å². The van der Waals surface area contributed by atoms with E-state index in [0.717, 1.165) is 15.4 Å². The molecular weight excluding hydrogens is 361 g/mol. The summed E-state index contributed by atoms with van der Waals surface area (Å²) in [7, 11) is 1.58. The van der Waals surface area contributed by atoms with Gasteiger partial charge in [0.2, 0.25) is 0 Å². The van der Waals surface area contributed by atoms with Gasteiger partial charge in [-0.1, -0.05) is 0 Å². The predicted molar refractivity (Wildman–Crippen MR) is 88.3 cm³/mol. The van der Waals surface area contributed by atoms with Gasteiger partial charge in [0.25, 0.3) is 0 Å². The van der Waals surface area contributed by atoms with Gasteiger partial charge in [0.05, 0.1) is 0 Å². The van der Waals surface area contributed by atoms with Gasteiger partial charge in [-0.25, -0.2) is 0 Å². The van der Waals surface area contributed by atoms with E-state index in [4.69, 9.17) is 9.84 Å². The minimum absolute atomic E-state index is 0.151. The maximum atomic E-state index is 13.0. The first-order valence-corrected chi connectivity index (χ1v) is 9.37. The Kier molecular flexibility index (Phi) is 4.28. The number of para-hydroxylation sites is 1. The van der Waals surface area contributed by atoms with E-state index in [2.05, 4.69) is 0 Å². The standard InChI is InChI=1S/C17H15NO4Se/c1-22-12-6-8-13(9-7-12)23(21)16-10-18(11-17(19)20)15-5-3-2-4-14(15)16/h2-10H,11H2,1H3,(H,19,20). The molecule has 0 saturated carbocycles. The Hall–Kier alpha value is -2.43. The summed E-state index contributed by atoms with van der Waals surface area (Å²) < 4.78 is 21.2. The molecule has 6 heteroatoms. The van der Waals surface area contributed by atoms with Crippen molar-refractivity contribution in [2.24, 2.45) is 0 Å². The molecule has 3 rings (SSSR count). The van der Waals surface area contributed by atoms with Crippen LogP contribution in [-0.2, 0) is 15.2 Å². The molecule has 0 spiro atoms. The van der Waals surface area contributed by atoms with Crippen LogP contribution in [0.1, 0.15) is 0 Å². The van der Waals surface area contributed by atoms with Gasteiger partial charge in [-0.3, -0.25) is 0 Å². The SMILES string of the molecule is COc1ccc([Se](=O)c2cn(CC(=O)O)c3ccccc23)cc1. The number of ether oxygens (including phenoxy) is 1. The number of carbonyl (C=O) groups is 1. The second-order valence-electron chi connectivity index (χ2n) is 4.98. The van der Waals surface area contributed by atoms with Crippen LogP contribution in [0.4, 0.5) is 0 Å². The average Bonchev–Trinajstić information content (AvgIpc) is 2.92. The second kappa shape index (κ2) is 6.36. The molecule has 2 aromatic carbocycles. The normalized spacial score (nSPS) is 12.2. The average molecular weight is 376 g/mol. The van der Waals surface area contributed by atoms with Crippen molar-refractivity contribution in [3.63, 3.8) is 0 Å². The Labute approximate surface area is 137 Å². The molecule has 1 atom stereocenters. The van der Waals surface area contributed by atoms with Gasteiger partial charge in [0.15, 0.2) is 0 Å². The Morgan fingerprint density at radius 2 is 1.87 bits per heavy atom. The molecule has 0 aliphatic carbocycles. The van der Waals surface area contributed by atoms with Gasteiger partial charge < -0.3 is 0 Å². The summed E-state index contributed by atoms with van der Waals surface area (Å²) in [6.07, 6.45) is 1.70. The molecular formula is C17H15NO4Se.